The van der Waals surface area contributed by atoms with Crippen LogP contribution in [0.2, 0.25) is 0 Å². The van der Waals surface area contributed by atoms with Gasteiger partial charge in [-0.1, -0.05) is 18.2 Å². The molecule has 2 aromatic carbocycles. The summed E-state index contributed by atoms with van der Waals surface area (Å²) in [4.78, 5) is 16.4. The molecule has 166 valence electrons. The Bertz CT molecular complexity index is 1420. The molecule has 4 aromatic rings. The van der Waals surface area contributed by atoms with E-state index in [4.69, 9.17) is 6.57 Å². The summed E-state index contributed by atoms with van der Waals surface area (Å²) in [7, 11) is 3.72. The number of hydrogen-bond acceptors (Lipinski definition) is 3. The Morgan fingerprint density at radius 3 is 2.76 bits per heavy atom. The first-order valence-electron chi connectivity index (χ1n) is 10.8. The molecule has 1 unspecified atom stereocenters. The molecule has 0 aliphatic carbocycles. The molecule has 1 saturated heterocycles. The predicted molar refractivity (Wildman–Crippen MR) is 126 cm³/mol. The summed E-state index contributed by atoms with van der Waals surface area (Å²) in [5, 5.41) is 11.8. The Hall–Kier alpha value is -3.96. The van der Waals surface area contributed by atoms with Crippen molar-refractivity contribution in [3.8, 4) is 22.4 Å². The van der Waals surface area contributed by atoms with E-state index >= 15 is 0 Å². The molecule has 0 spiro atoms. The number of aromatic nitrogens is 3. The van der Waals surface area contributed by atoms with E-state index in [-0.39, 0.29) is 17.6 Å². The van der Waals surface area contributed by atoms with Crippen LogP contribution in [0.25, 0.3) is 38.1 Å². The maximum Gasteiger partial charge on any atom is 0.268 e. The monoisotopic (exact) mass is 442 g/mol. The number of halogens is 1. The molecule has 1 amide bonds. The molecule has 1 aliphatic rings. The summed E-state index contributed by atoms with van der Waals surface area (Å²) < 4.78 is 18.1. The fraction of sp³-hybridized carbons (Fsp3) is 0.240. The van der Waals surface area contributed by atoms with E-state index in [0.717, 1.165) is 47.2 Å². The van der Waals surface area contributed by atoms with Gasteiger partial charge < -0.3 is 15.2 Å². The van der Waals surface area contributed by atoms with Gasteiger partial charge in [-0.15, -0.1) is 0 Å². The van der Waals surface area contributed by atoms with E-state index in [9.17, 15) is 9.18 Å². The molecule has 0 radical (unpaired) electrons. The van der Waals surface area contributed by atoms with Crippen molar-refractivity contribution in [2.75, 3.05) is 13.1 Å². The lowest BCUT2D eigenvalue weighted by Gasteiger charge is -2.13. The minimum absolute atomic E-state index is 0.0280. The highest BCUT2D eigenvalue weighted by atomic mass is 19.1. The predicted octanol–water partition coefficient (Wildman–Crippen LogP) is 4.03. The number of carbonyl (C=O) groups is 1. The van der Waals surface area contributed by atoms with Crippen LogP contribution in [-0.2, 0) is 14.1 Å². The Morgan fingerprint density at radius 2 is 2.03 bits per heavy atom. The summed E-state index contributed by atoms with van der Waals surface area (Å²) in [5.41, 5.74) is 4.36. The summed E-state index contributed by atoms with van der Waals surface area (Å²) in [5.74, 6) is -0.748. The lowest BCUT2D eigenvalue weighted by Crippen LogP contribution is -2.37. The fourth-order valence-corrected chi connectivity index (χ4v) is 4.49. The molecular formula is C25H23FN6O. The zero-order valence-electron chi connectivity index (χ0n) is 18.4. The summed E-state index contributed by atoms with van der Waals surface area (Å²) in [6.45, 7) is 8.76. The molecule has 2 N–H and O–H groups in total. The Kier molecular flexibility index (Phi) is 5.19. The standard InChI is InChI=1S/C25H23FN6O/c1-27-22-7-4-15(11-20(22)26)19-12-23(25(33)29-18-8-9-28-13-18)32(3)24(19)16-5-6-21-17(10-16)14-31(2)30-21/h4-7,10-12,14,18,28H,8-9,13H2,2-3H3,(H,29,33). The van der Waals surface area contributed by atoms with Gasteiger partial charge in [0.2, 0.25) is 5.69 Å². The second-order valence-corrected chi connectivity index (χ2v) is 8.37. The zero-order valence-corrected chi connectivity index (χ0v) is 18.4. The van der Waals surface area contributed by atoms with Crippen LogP contribution in [0, 0.1) is 12.4 Å². The van der Waals surface area contributed by atoms with Crippen LogP contribution in [0.3, 0.4) is 0 Å². The first-order chi connectivity index (χ1) is 15.9. The van der Waals surface area contributed by atoms with Gasteiger partial charge in [0.15, 0.2) is 0 Å². The van der Waals surface area contributed by atoms with Crippen molar-refractivity contribution in [3.63, 3.8) is 0 Å². The van der Waals surface area contributed by atoms with Gasteiger partial charge >= 0.3 is 0 Å². The molecule has 0 bridgehead atoms. The van der Waals surface area contributed by atoms with Crippen LogP contribution in [0.1, 0.15) is 16.9 Å². The maximum atomic E-state index is 14.5. The third-order valence-corrected chi connectivity index (χ3v) is 6.13. The number of amides is 1. The molecule has 8 heteroatoms. The molecule has 1 fully saturated rings. The highest BCUT2D eigenvalue weighted by Gasteiger charge is 2.24. The number of rotatable bonds is 4. The van der Waals surface area contributed by atoms with Crippen molar-refractivity contribution in [1.29, 1.82) is 0 Å². The highest BCUT2D eigenvalue weighted by Crippen LogP contribution is 2.37. The normalized spacial score (nSPS) is 15.6. The molecular weight excluding hydrogens is 419 g/mol. The van der Waals surface area contributed by atoms with Crippen molar-refractivity contribution in [3.05, 3.63) is 71.6 Å². The summed E-state index contributed by atoms with van der Waals surface area (Å²) in [6, 6.07) is 12.4. The number of nitrogens with zero attached hydrogens (tertiary/aromatic N) is 4. The third kappa shape index (κ3) is 3.77. The van der Waals surface area contributed by atoms with Crippen LogP contribution in [0.4, 0.5) is 10.1 Å². The van der Waals surface area contributed by atoms with E-state index < -0.39 is 5.82 Å². The minimum Gasteiger partial charge on any atom is -0.347 e. The van der Waals surface area contributed by atoms with Crippen molar-refractivity contribution in [2.24, 2.45) is 14.1 Å². The van der Waals surface area contributed by atoms with Gasteiger partial charge in [-0.3, -0.25) is 9.48 Å². The maximum absolute atomic E-state index is 14.5. The zero-order chi connectivity index (χ0) is 23.1. The topological polar surface area (TPSA) is 68.2 Å². The second-order valence-electron chi connectivity index (χ2n) is 8.37. The molecule has 1 aliphatic heterocycles. The highest BCUT2D eigenvalue weighted by molar-refractivity contribution is 5.98. The van der Waals surface area contributed by atoms with Crippen LogP contribution in [0.15, 0.2) is 48.7 Å². The van der Waals surface area contributed by atoms with Crippen molar-refractivity contribution in [1.82, 2.24) is 25.0 Å². The van der Waals surface area contributed by atoms with Gasteiger partial charge in [0.05, 0.1) is 17.8 Å². The second kappa shape index (κ2) is 8.19. The largest absolute Gasteiger partial charge is 0.347 e. The lowest BCUT2D eigenvalue weighted by molar-refractivity contribution is 0.0932. The van der Waals surface area contributed by atoms with Gasteiger partial charge in [-0.05, 0) is 48.4 Å². The number of carbonyl (C=O) groups excluding carboxylic acids is 1. The average Bonchev–Trinajstić information content (AvgIpc) is 3.51. The van der Waals surface area contributed by atoms with Gasteiger partial charge in [0.1, 0.15) is 11.5 Å². The van der Waals surface area contributed by atoms with Gasteiger partial charge in [-0.2, -0.15) is 5.10 Å². The number of benzene rings is 2. The van der Waals surface area contributed by atoms with Crippen LogP contribution < -0.4 is 10.6 Å². The number of fused-ring (bicyclic) bond motifs is 1. The molecule has 5 rings (SSSR count). The van der Waals surface area contributed by atoms with Crippen LogP contribution >= 0.6 is 0 Å². The molecule has 0 saturated carbocycles. The van der Waals surface area contributed by atoms with E-state index in [1.165, 1.54) is 12.1 Å². The SMILES string of the molecule is [C-]#[N+]c1ccc(-c2cc(C(=O)NC3CCNC3)n(C)c2-c2ccc3nn(C)cc3c2)cc1F. The molecule has 1 atom stereocenters. The minimum atomic E-state index is -0.581. The Morgan fingerprint density at radius 1 is 1.21 bits per heavy atom. The quantitative estimate of drug-likeness (QED) is 0.469. The number of nitrogens with one attached hydrogen (secondary N) is 2. The van der Waals surface area contributed by atoms with Crippen LogP contribution in [-0.4, -0.2) is 39.4 Å². The van der Waals surface area contributed by atoms with Gasteiger partial charge in [-0.25, -0.2) is 9.24 Å². The van der Waals surface area contributed by atoms with Crippen molar-refractivity contribution in [2.45, 2.75) is 12.5 Å². The summed E-state index contributed by atoms with van der Waals surface area (Å²) >= 11 is 0. The van der Waals surface area contributed by atoms with Crippen molar-refractivity contribution >= 4 is 22.5 Å². The molecule has 7 nitrogen and oxygen atoms in total. The number of aryl methyl sites for hydroxylation is 1. The van der Waals surface area contributed by atoms with Gasteiger partial charge in [0, 0.05) is 43.8 Å². The van der Waals surface area contributed by atoms with E-state index in [2.05, 4.69) is 20.6 Å². The first-order valence-corrected chi connectivity index (χ1v) is 10.8. The van der Waals surface area contributed by atoms with Crippen LogP contribution in [0.5, 0.6) is 0 Å². The molecule has 3 heterocycles. The van der Waals surface area contributed by atoms with Crippen molar-refractivity contribution < 1.29 is 9.18 Å². The smallest absolute Gasteiger partial charge is 0.268 e. The fourth-order valence-electron chi connectivity index (χ4n) is 4.49. The molecule has 2 aromatic heterocycles. The average molecular weight is 442 g/mol. The van der Waals surface area contributed by atoms with E-state index in [1.54, 1.807) is 16.8 Å². The summed E-state index contributed by atoms with van der Waals surface area (Å²) in [6.07, 6.45) is 2.82. The van der Waals surface area contributed by atoms with E-state index in [0.29, 0.717) is 11.3 Å². The first kappa shape index (κ1) is 20.9. The van der Waals surface area contributed by atoms with Gasteiger partial charge in [0.25, 0.3) is 5.91 Å². The Balaban J connectivity index is 1.66. The molecule has 33 heavy (non-hydrogen) atoms. The van der Waals surface area contributed by atoms with E-state index in [1.807, 2.05) is 43.1 Å². The third-order valence-electron chi connectivity index (χ3n) is 6.13. The Labute approximate surface area is 190 Å². The number of hydrogen-bond donors (Lipinski definition) is 2. The lowest BCUT2D eigenvalue weighted by atomic mass is 10.00.